The molecule has 3 N–H and O–H groups in total. The number of thiazole rings is 1. The van der Waals surface area contributed by atoms with Gasteiger partial charge in [0.2, 0.25) is 5.13 Å². The van der Waals surface area contributed by atoms with Crippen molar-refractivity contribution in [1.82, 2.24) is 9.88 Å². The molecular weight excluding hydrogens is 330 g/mol. The molecular formula is C19H29N5S. The molecule has 6 heteroatoms. The van der Waals surface area contributed by atoms with Crippen molar-refractivity contribution in [2.45, 2.75) is 34.2 Å². The summed E-state index contributed by atoms with van der Waals surface area (Å²) in [5, 5.41) is 6.81. The van der Waals surface area contributed by atoms with E-state index in [2.05, 4.69) is 66.3 Å². The Morgan fingerprint density at radius 3 is 2.48 bits per heavy atom. The molecule has 1 aromatic heterocycles. The zero-order chi connectivity index (χ0) is 18.2. The van der Waals surface area contributed by atoms with Crippen LogP contribution in [0.15, 0.2) is 34.7 Å². The van der Waals surface area contributed by atoms with Crippen LogP contribution in [0, 0.1) is 11.8 Å². The average Bonchev–Trinajstić information content (AvgIpc) is 2.93. The van der Waals surface area contributed by atoms with Gasteiger partial charge in [-0.2, -0.15) is 5.10 Å². The Hall–Kier alpha value is -1.92. The number of benzene rings is 1. The van der Waals surface area contributed by atoms with Crippen molar-refractivity contribution in [2.75, 3.05) is 24.2 Å². The van der Waals surface area contributed by atoms with Crippen molar-refractivity contribution in [2.24, 2.45) is 16.9 Å². The molecule has 0 aliphatic rings. The van der Waals surface area contributed by atoms with Crippen molar-refractivity contribution < 1.29 is 0 Å². The van der Waals surface area contributed by atoms with Crippen LogP contribution in [-0.2, 0) is 6.54 Å². The summed E-state index contributed by atoms with van der Waals surface area (Å²) in [5.74, 6) is 1.81. The largest absolute Gasteiger partial charge is 0.383 e. The molecule has 1 heterocycles. The summed E-state index contributed by atoms with van der Waals surface area (Å²) in [6.07, 6.45) is 1.86. The van der Waals surface area contributed by atoms with Crippen LogP contribution in [0.5, 0.6) is 0 Å². The monoisotopic (exact) mass is 359 g/mol. The van der Waals surface area contributed by atoms with Gasteiger partial charge in [0, 0.05) is 25.0 Å². The third kappa shape index (κ3) is 6.84. The molecule has 0 spiro atoms. The minimum atomic E-state index is 0.515. The quantitative estimate of drug-likeness (QED) is 0.518. The zero-order valence-corrected chi connectivity index (χ0v) is 16.4. The Morgan fingerprint density at radius 2 is 1.88 bits per heavy atom. The van der Waals surface area contributed by atoms with Crippen molar-refractivity contribution >= 4 is 28.5 Å². The molecule has 0 saturated carbocycles. The second kappa shape index (κ2) is 9.53. The van der Waals surface area contributed by atoms with Crippen LogP contribution in [0.4, 0.5) is 10.9 Å². The first kappa shape index (κ1) is 19.4. The molecule has 0 amide bonds. The number of hydrogen-bond acceptors (Lipinski definition) is 6. The molecule has 0 unspecified atom stereocenters. The number of nitrogens with zero attached hydrogens (tertiary/aromatic N) is 3. The number of aromatic nitrogens is 1. The number of nitrogens with one attached hydrogen (secondary N) is 1. The Balaban J connectivity index is 2.07. The molecule has 1 aromatic carbocycles. The highest BCUT2D eigenvalue weighted by molar-refractivity contribution is 7.14. The van der Waals surface area contributed by atoms with Gasteiger partial charge in [-0.3, -0.25) is 10.3 Å². The Kier molecular flexibility index (Phi) is 7.40. The number of nitrogens with two attached hydrogens (primary N) is 1. The highest BCUT2D eigenvalue weighted by Gasteiger charge is 2.11. The van der Waals surface area contributed by atoms with E-state index in [1.165, 1.54) is 16.9 Å². The molecule has 0 atom stereocenters. The standard InChI is InChI=1S/C19H29N5S/c1-14(2)10-24(11-15(3)4)12-17-8-6-5-7-16(17)9-21-23-19-22-18(20)13-25-19/h5-9,13-15H,10-12,20H2,1-4H3,(H,22,23). The van der Waals surface area contributed by atoms with Crippen LogP contribution < -0.4 is 11.2 Å². The summed E-state index contributed by atoms with van der Waals surface area (Å²) >= 11 is 1.44. The van der Waals surface area contributed by atoms with E-state index in [1.54, 1.807) is 5.38 Å². The van der Waals surface area contributed by atoms with Crippen molar-refractivity contribution in [3.05, 3.63) is 40.8 Å². The van der Waals surface area contributed by atoms with Crippen molar-refractivity contribution in [3.63, 3.8) is 0 Å². The Bertz CT molecular complexity index is 668. The van der Waals surface area contributed by atoms with E-state index in [0.29, 0.717) is 22.8 Å². The first-order chi connectivity index (χ1) is 11.9. The van der Waals surface area contributed by atoms with Crippen LogP contribution in [0.3, 0.4) is 0 Å². The Labute approximate surface area is 155 Å². The predicted octanol–water partition coefficient (Wildman–Crippen LogP) is 4.29. The number of rotatable bonds is 9. The molecule has 5 nitrogen and oxygen atoms in total. The van der Waals surface area contributed by atoms with Crippen LogP contribution in [0.1, 0.15) is 38.8 Å². The topological polar surface area (TPSA) is 66.5 Å². The summed E-state index contributed by atoms with van der Waals surface area (Å²) in [5.41, 5.74) is 11.0. The van der Waals surface area contributed by atoms with Crippen LogP contribution >= 0.6 is 11.3 Å². The van der Waals surface area contributed by atoms with Gasteiger partial charge in [-0.1, -0.05) is 52.0 Å². The van der Waals surface area contributed by atoms with Gasteiger partial charge in [-0.25, -0.2) is 4.98 Å². The maximum atomic E-state index is 5.62. The van der Waals surface area contributed by atoms with Gasteiger partial charge in [0.05, 0.1) is 6.21 Å². The molecule has 0 radical (unpaired) electrons. The SMILES string of the molecule is CC(C)CN(Cc1ccccc1C=NNc1nc(N)cs1)CC(C)C. The number of hydrazone groups is 1. The van der Waals surface area contributed by atoms with Gasteiger partial charge in [0.1, 0.15) is 5.82 Å². The smallest absolute Gasteiger partial charge is 0.205 e. The molecule has 0 saturated heterocycles. The third-order valence-electron chi connectivity index (χ3n) is 3.58. The molecule has 0 aliphatic heterocycles. The third-order valence-corrected chi connectivity index (χ3v) is 4.35. The maximum Gasteiger partial charge on any atom is 0.205 e. The lowest BCUT2D eigenvalue weighted by Gasteiger charge is -2.26. The minimum Gasteiger partial charge on any atom is -0.383 e. The minimum absolute atomic E-state index is 0.515. The first-order valence-corrected chi connectivity index (χ1v) is 9.62. The van der Waals surface area contributed by atoms with Gasteiger partial charge < -0.3 is 5.73 Å². The van der Waals surface area contributed by atoms with Gasteiger partial charge in [-0.05, 0) is 23.0 Å². The lowest BCUT2D eigenvalue weighted by atomic mass is 10.1. The summed E-state index contributed by atoms with van der Waals surface area (Å²) in [4.78, 5) is 6.67. The fourth-order valence-electron chi connectivity index (χ4n) is 2.78. The predicted molar refractivity (Wildman–Crippen MR) is 109 cm³/mol. The van der Waals surface area contributed by atoms with Crippen molar-refractivity contribution in [1.29, 1.82) is 0 Å². The van der Waals surface area contributed by atoms with Gasteiger partial charge in [0.25, 0.3) is 0 Å². The van der Waals surface area contributed by atoms with E-state index in [9.17, 15) is 0 Å². The van der Waals surface area contributed by atoms with E-state index in [4.69, 9.17) is 5.73 Å². The summed E-state index contributed by atoms with van der Waals surface area (Å²) in [6.45, 7) is 12.2. The first-order valence-electron chi connectivity index (χ1n) is 8.74. The summed E-state index contributed by atoms with van der Waals surface area (Å²) < 4.78 is 0. The molecule has 0 aliphatic carbocycles. The second-order valence-electron chi connectivity index (χ2n) is 7.13. The summed E-state index contributed by atoms with van der Waals surface area (Å²) in [6, 6.07) is 8.40. The molecule has 2 rings (SSSR count). The zero-order valence-electron chi connectivity index (χ0n) is 15.6. The van der Waals surface area contributed by atoms with Gasteiger partial charge >= 0.3 is 0 Å². The number of anilines is 2. The van der Waals surface area contributed by atoms with Crippen molar-refractivity contribution in [3.8, 4) is 0 Å². The molecule has 0 fully saturated rings. The normalized spacial score (nSPS) is 12.0. The summed E-state index contributed by atoms with van der Waals surface area (Å²) in [7, 11) is 0. The van der Waals surface area contributed by atoms with Gasteiger partial charge in [0.15, 0.2) is 0 Å². The lowest BCUT2D eigenvalue weighted by Crippen LogP contribution is -2.31. The molecule has 25 heavy (non-hydrogen) atoms. The van der Waals surface area contributed by atoms with E-state index < -0.39 is 0 Å². The van der Waals surface area contributed by atoms with Crippen LogP contribution in [-0.4, -0.2) is 29.2 Å². The van der Waals surface area contributed by atoms with Crippen LogP contribution in [0.25, 0.3) is 0 Å². The second-order valence-corrected chi connectivity index (χ2v) is 7.99. The Morgan fingerprint density at radius 1 is 1.20 bits per heavy atom. The molecule has 136 valence electrons. The number of hydrogen-bond donors (Lipinski definition) is 2. The van der Waals surface area contributed by atoms with E-state index in [-0.39, 0.29) is 0 Å². The molecule has 0 bridgehead atoms. The van der Waals surface area contributed by atoms with Gasteiger partial charge in [-0.15, -0.1) is 11.3 Å². The number of nitrogen functional groups attached to an aromatic ring is 1. The highest BCUT2D eigenvalue weighted by atomic mass is 32.1. The van der Waals surface area contributed by atoms with Crippen LogP contribution in [0.2, 0.25) is 0 Å². The average molecular weight is 360 g/mol. The highest BCUT2D eigenvalue weighted by Crippen LogP contribution is 2.17. The molecule has 2 aromatic rings. The fourth-order valence-corrected chi connectivity index (χ4v) is 3.32. The fraction of sp³-hybridized carbons (Fsp3) is 0.474. The van der Waals surface area contributed by atoms with E-state index >= 15 is 0 Å². The maximum absolute atomic E-state index is 5.62. The lowest BCUT2D eigenvalue weighted by molar-refractivity contribution is 0.211. The van der Waals surface area contributed by atoms with E-state index in [1.807, 2.05) is 12.3 Å². The van der Waals surface area contributed by atoms with E-state index in [0.717, 1.165) is 25.2 Å².